The molecule has 1 amide bonds. The monoisotopic (exact) mass is 319 g/mol. The number of amides is 1. The van der Waals surface area contributed by atoms with Crippen LogP contribution in [0.15, 0.2) is 30.5 Å². The van der Waals surface area contributed by atoms with E-state index in [0.29, 0.717) is 24.8 Å². The molecule has 0 radical (unpaired) electrons. The van der Waals surface area contributed by atoms with Crippen LogP contribution in [0.4, 0.5) is 5.69 Å². The zero-order valence-electron chi connectivity index (χ0n) is 12.4. The van der Waals surface area contributed by atoms with Crippen molar-refractivity contribution < 1.29 is 19.6 Å². The Morgan fingerprint density at radius 3 is 2.74 bits per heavy atom. The van der Waals surface area contributed by atoms with Crippen molar-refractivity contribution in [2.45, 2.75) is 25.8 Å². The number of nitro benzene ring substituents is 1. The molecule has 2 N–H and O–H groups in total. The topological polar surface area (TPSA) is 114 Å². The lowest BCUT2D eigenvalue weighted by Crippen LogP contribution is -2.28. The largest absolute Gasteiger partial charge is 0.481 e. The van der Waals surface area contributed by atoms with Crippen LogP contribution in [-0.2, 0) is 16.1 Å². The zero-order valence-corrected chi connectivity index (χ0v) is 12.4. The van der Waals surface area contributed by atoms with Crippen LogP contribution in [0.3, 0.4) is 0 Å². The Morgan fingerprint density at radius 1 is 1.26 bits per heavy atom. The summed E-state index contributed by atoms with van der Waals surface area (Å²) in [7, 11) is 0. The number of benzene rings is 1. The average Bonchev–Trinajstić information content (AvgIpc) is 2.88. The lowest BCUT2D eigenvalue weighted by Gasteiger charge is -2.07. The number of nitrogens with one attached hydrogen (secondary N) is 1. The maximum atomic E-state index is 11.9. The fourth-order valence-electron chi connectivity index (χ4n) is 2.28. The van der Waals surface area contributed by atoms with Crippen molar-refractivity contribution >= 4 is 28.5 Å². The van der Waals surface area contributed by atoms with Crippen molar-refractivity contribution in [3.8, 4) is 0 Å². The molecule has 23 heavy (non-hydrogen) atoms. The van der Waals surface area contributed by atoms with Gasteiger partial charge in [0.2, 0.25) is 5.91 Å². The highest BCUT2D eigenvalue weighted by Gasteiger charge is 2.10. The number of fused-ring (bicyclic) bond motifs is 1. The predicted octanol–water partition coefficient (Wildman–Crippen LogP) is 1.92. The molecule has 2 aromatic rings. The van der Waals surface area contributed by atoms with Crippen molar-refractivity contribution in [1.29, 1.82) is 0 Å². The third-order valence-electron chi connectivity index (χ3n) is 3.42. The number of aliphatic carboxylic acids is 1. The Balaban J connectivity index is 1.90. The number of aromatic nitrogens is 1. The van der Waals surface area contributed by atoms with E-state index in [4.69, 9.17) is 5.11 Å². The lowest BCUT2D eigenvalue weighted by molar-refractivity contribution is -0.384. The molecule has 0 saturated heterocycles. The van der Waals surface area contributed by atoms with Gasteiger partial charge >= 0.3 is 5.97 Å². The van der Waals surface area contributed by atoms with Gasteiger partial charge in [0, 0.05) is 42.2 Å². The second-order valence-electron chi connectivity index (χ2n) is 5.14. The summed E-state index contributed by atoms with van der Waals surface area (Å²) in [6, 6.07) is 6.22. The van der Waals surface area contributed by atoms with Crippen molar-refractivity contribution in [3.63, 3.8) is 0 Å². The minimum atomic E-state index is -0.843. The molecule has 122 valence electrons. The highest BCUT2D eigenvalue weighted by atomic mass is 16.6. The Morgan fingerprint density at radius 2 is 2.04 bits per heavy atom. The van der Waals surface area contributed by atoms with E-state index < -0.39 is 10.9 Å². The number of carbonyl (C=O) groups excluding carboxylic acids is 1. The molecular weight excluding hydrogens is 302 g/mol. The molecule has 8 heteroatoms. The number of hydrogen-bond acceptors (Lipinski definition) is 4. The molecule has 8 nitrogen and oxygen atoms in total. The van der Waals surface area contributed by atoms with Gasteiger partial charge in [0.25, 0.3) is 5.69 Å². The normalized spacial score (nSPS) is 10.6. The number of rotatable bonds is 8. The zero-order chi connectivity index (χ0) is 16.8. The van der Waals surface area contributed by atoms with Crippen LogP contribution in [0.5, 0.6) is 0 Å². The van der Waals surface area contributed by atoms with E-state index in [1.54, 1.807) is 22.9 Å². The number of unbranched alkanes of at least 4 members (excludes halogenated alkanes) is 1. The first-order valence-electron chi connectivity index (χ1n) is 7.19. The molecule has 0 unspecified atom stereocenters. The van der Waals surface area contributed by atoms with Crippen molar-refractivity contribution in [3.05, 3.63) is 40.6 Å². The Labute approximate surface area is 131 Å². The van der Waals surface area contributed by atoms with Gasteiger partial charge in [0.05, 0.1) is 4.92 Å². The minimum Gasteiger partial charge on any atom is -0.481 e. The van der Waals surface area contributed by atoms with Gasteiger partial charge < -0.3 is 15.0 Å². The maximum absolute atomic E-state index is 11.9. The van der Waals surface area contributed by atoms with Crippen LogP contribution in [0, 0.1) is 10.1 Å². The molecule has 0 saturated carbocycles. The van der Waals surface area contributed by atoms with Crippen LogP contribution in [0.1, 0.15) is 19.3 Å². The smallest absolute Gasteiger partial charge is 0.303 e. The Hall–Kier alpha value is -2.90. The Bertz CT molecular complexity index is 738. The van der Waals surface area contributed by atoms with Gasteiger partial charge in [-0.15, -0.1) is 0 Å². The molecule has 0 aliphatic heterocycles. The summed E-state index contributed by atoms with van der Waals surface area (Å²) in [6.45, 7) is 0.539. The van der Waals surface area contributed by atoms with Crippen LogP contribution in [0.2, 0.25) is 0 Å². The summed E-state index contributed by atoms with van der Waals surface area (Å²) in [4.78, 5) is 32.5. The SMILES string of the molecule is O=C(O)CCCCNC(=O)Cn1ccc2cc([N+](=O)[O-])ccc21. The highest BCUT2D eigenvalue weighted by Crippen LogP contribution is 2.21. The molecule has 1 aromatic carbocycles. The molecule has 1 aromatic heterocycles. The Kier molecular flexibility index (Phi) is 5.29. The van der Waals surface area contributed by atoms with E-state index in [9.17, 15) is 19.7 Å². The van der Waals surface area contributed by atoms with Gasteiger partial charge in [-0.25, -0.2) is 0 Å². The predicted molar refractivity (Wildman–Crippen MR) is 83.1 cm³/mol. The van der Waals surface area contributed by atoms with E-state index in [-0.39, 0.29) is 24.6 Å². The van der Waals surface area contributed by atoms with Gasteiger partial charge in [-0.1, -0.05) is 0 Å². The van der Waals surface area contributed by atoms with Crippen molar-refractivity contribution in [2.75, 3.05) is 6.54 Å². The number of nitro groups is 1. The van der Waals surface area contributed by atoms with E-state index in [2.05, 4.69) is 5.32 Å². The number of non-ortho nitro benzene ring substituents is 1. The highest BCUT2D eigenvalue weighted by molar-refractivity contribution is 5.85. The van der Waals surface area contributed by atoms with Crippen LogP contribution in [-0.4, -0.2) is 33.0 Å². The second kappa shape index (κ2) is 7.39. The van der Waals surface area contributed by atoms with Crippen LogP contribution >= 0.6 is 0 Å². The van der Waals surface area contributed by atoms with Gasteiger partial charge in [-0.05, 0) is 25.0 Å². The fourth-order valence-corrected chi connectivity index (χ4v) is 2.28. The number of carboxylic acids is 1. The van der Waals surface area contributed by atoms with Crippen molar-refractivity contribution in [1.82, 2.24) is 9.88 Å². The summed E-state index contributed by atoms with van der Waals surface area (Å²) in [5.74, 6) is -1.03. The first-order valence-corrected chi connectivity index (χ1v) is 7.19. The molecular formula is C15H17N3O5. The number of carbonyl (C=O) groups is 2. The van der Waals surface area contributed by atoms with Gasteiger partial charge in [-0.3, -0.25) is 19.7 Å². The quantitative estimate of drug-likeness (QED) is 0.438. The van der Waals surface area contributed by atoms with E-state index in [1.807, 2.05) is 0 Å². The average molecular weight is 319 g/mol. The van der Waals surface area contributed by atoms with Crippen LogP contribution < -0.4 is 5.32 Å². The summed E-state index contributed by atoms with van der Waals surface area (Å²) < 4.78 is 1.71. The van der Waals surface area contributed by atoms with E-state index >= 15 is 0 Å². The summed E-state index contributed by atoms with van der Waals surface area (Å²) in [5, 5.41) is 22.7. The standard InChI is InChI=1S/C15H17N3O5/c19-14(16-7-2-1-3-15(20)21)10-17-8-6-11-9-12(18(22)23)4-5-13(11)17/h4-6,8-9H,1-3,7,10H2,(H,16,19)(H,20,21). The fraction of sp³-hybridized carbons (Fsp3) is 0.333. The third kappa shape index (κ3) is 4.53. The van der Waals surface area contributed by atoms with Crippen molar-refractivity contribution in [2.24, 2.45) is 0 Å². The van der Waals surface area contributed by atoms with Gasteiger partial charge in [0.1, 0.15) is 6.54 Å². The van der Waals surface area contributed by atoms with Gasteiger partial charge in [0.15, 0.2) is 0 Å². The summed E-state index contributed by atoms with van der Waals surface area (Å²) in [6.07, 6.45) is 2.93. The van der Waals surface area contributed by atoms with Crippen LogP contribution in [0.25, 0.3) is 10.9 Å². The molecule has 0 bridgehead atoms. The minimum absolute atomic E-state index is 0.0122. The molecule has 0 spiro atoms. The number of hydrogen-bond donors (Lipinski definition) is 2. The van der Waals surface area contributed by atoms with E-state index in [1.165, 1.54) is 12.1 Å². The first-order chi connectivity index (χ1) is 11.0. The lowest BCUT2D eigenvalue weighted by atomic mass is 10.2. The number of nitrogens with zero attached hydrogens (tertiary/aromatic N) is 2. The van der Waals surface area contributed by atoms with Gasteiger partial charge in [-0.2, -0.15) is 0 Å². The molecule has 0 aliphatic rings. The molecule has 0 fully saturated rings. The number of carboxylic acid groups (broad SMARTS) is 1. The molecule has 1 heterocycles. The second-order valence-corrected chi connectivity index (χ2v) is 5.14. The first kappa shape index (κ1) is 16.5. The summed E-state index contributed by atoms with van der Waals surface area (Å²) >= 11 is 0. The third-order valence-corrected chi connectivity index (χ3v) is 3.42. The van der Waals surface area contributed by atoms with E-state index in [0.717, 1.165) is 5.52 Å². The summed E-state index contributed by atoms with van der Waals surface area (Å²) in [5.41, 5.74) is 0.759. The molecule has 2 rings (SSSR count). The molecule has 0 aliphatic carbocycles. The maximum Gasteiger partial charge on any atom is 0.303 e. The molecule has 0 atom stereocenters.